The zero-order chi connectivity index (χ0) is 16.5. The molecule has 0 saturated heterocycles. The van der Waals surface area contributed by atoms with E-state index >= 15 is 0 Å². The SMILES string of the molecule is CCCCNc1ccc(C(=O)N/N=C/c2ccc(Cl)cc2)cc1. The summed E-state index contributed by atoms with van der Waals surface area (Å²) in [6.45, 7) is 3.09. The molecule has 0 unspecified atom stereocenters. The molecule has 0 saturated carbocycles. The Morgan fingerprint density at radius 3 is 2.48 bits per heavy atom. The first kappa shape index (κ1) is 17.0. The van der Waals surface area contributed by atoms with Crippen LogP contribution in [0, 0.1) is 0 Å². The molecule has 2 rings (SSSR count). The van der Waals surface area contributed by atoms with Crippen molar-refractivity contribution in [3.05, 3.63) is 64.7 Å². The van der Waals surface area contributed by atoms with Crippen LogP contribution in [0.2, 0.25) is 5.02 Å². The number of amides is 1. The number of hydrogen-bond acceptors (Lipinski definition) is 3. The van der Waals surface area contributed by atoms with Gasteiger partial charge in [0, 0.05) is 22.8 Å². The Balaban J connectivity index is 1.86. The zero-order valence-corrected chi connectivity index (χ0v) is 13.8. The summed E-state index contributed by atoms with van der Waals surface area (Å²) in [4.78, 5) is 12.0. The smallest absolute Gasteiger partial charge is 0.271 e. The summed E-state index contributed by atoms with van der Waals surface area (Å²) < 4.78 is 0. The number of unbranched alkanes of at least 4 members (excludes halogenated alkanes) is 1. The maximum absolute atomic E-state index is 12.0. The monoisotopic (exact) mass is 329 g/mol. The third-order valence-electron chi connectivity index (χ3n) is 3.26. The van der Waals surface area contributed by atoms with Crippen molar-refractivity contribution in [1.82, 2.24) is 5.43 Å². The molecule has 0 aliphatic rings. The van der Waals surface area contributed by atoms with Gasteiger partial charge in [0.1, 0.15) is 0 Å². The minimum Gasteiger partial charge on any atom is -0.385 e. The van der Waals surface area contributed by atoms with Crippen molar-refractivity contribution in [1.29, 1.82) is 0 Å². The Bertz CT molecular complexity index is 651. The van der Waals surface area contributed by atoms with Gasteiger partial charge in [0.25, 0.3) is 5.91 Å². The molecule has 0 fully saturated rings. The van der Waals surface area contributed by atoms with Crippen molar-refractivity contribution < 1.29 is 4.79 Å². The lowest BCUT2D eigenvalue weighted by Crippen LogP contribution is -2.17. The number of halogens is 1. The van der Waals surface area contributed by atoms with Gasteiger partial charge in [-0.05, 0) is 48.4 Å². The van der Waals surface area contributed by atoms with Gasteiger partial charge < -0.3 is 5.32 Å². The predicted octanol–water partition coefficient (Wildman–Crippen LogP) is 4.32. The van der Waals surface area contributed by atoms with E-state index in [9.17, 15) is 4.79 Å². The van der Waals surface area contributed by atoms with Gasteiger partial charge in [-0.25, -0.2) is 5.43 Å². The predicted molar refractivity (Wildman–Crippen MR) is 96.4 cm³/mol. The summed E-state index contributed by atoms with van der Waals surface area (Å²) in [5.41, 5.74) is 4.96. The normalized spacial score (nSPS) is 10.7. The number of carbonyl (C=O) groups is 1. The van der Waals surface area contributed by atoms with Gasteiger partial charge in [0.2, 0.25) is 0 Å². The summed E-state index contributed by atoms with van der Waals surface area (Å²) in [7, 11) is 0. The maximum Gasteiger partial charge on any atom is 0.271 e. The molecule has 0 heterocycles. The average molecular weight is 330 g/mol. The topological polar surface area (TPSA) is 53.5 Å². The van der Waals surface area contributed by atoms with Crippen LogP contribution in [0.25, 0.3) is 0 Å². The zero-order valence-electron chi connectivity index (χ0n) is 13.1. The summed E-state index contributed by atoms with van der Waals surface area (Å²) >= 11 is 5.81. The van der Waals surface area contributed by atoms with Crippen LogP contribution < -0.4 is 10.7 Å². The Morgan fingerprint density at radius 2 is 1.83 bits per heavy atom. The van der Waals surface area contributed by atoms with Crippen molar-refractivity contribution in [2.45, 2.75) is 19.8 Å². The molecule has 0 spiro atoms. The number of nitrogens with zero attached hydrogens (tertiary/aromatic N) is 1. The lowest BCUT2D eigenvalue weighted by atomic mass is 10.2. The first-order chi connectivity index (χ1) is 11.2. The van der Waals surface area contributed by atoms with Gasteiger partial charge in [-0.2, -0.15) is 5.10 Å². The van der Waals surface area contributed by atoms with Crippen molar-refractivity contribution in [2.24, 2.45) is 5.10 Å². The number of anilines is 1. The quantitative estimate of drug-likeness (QED) is 0.451. The van der Waals surface area contributed by atoms with Crippen molar-refractivity contribution in [3.63, 3.8) is 0 Å². The summed E-state index contributed by atoms with van der Waals surface area (Å²) in [5.74, 6) is -0.240. The lowest BCUT2D eigenvalue weighted by Gasteiger charge is -2.06. The maximum atomic E-state index is 12.0. The highest BCUT2D eigenvalue weighted by molar-refractivity contribution is 6.30. The van der Waals surface area contributed by atoms with Crippen molar-refractivity contribution in [3.8, 4) is 0 Å². The molecular weight excluding hydrogens is 310 g/mol. The molecule has 0 aliphatic heterocycles. The van der Waals surface area contributed by atoms with E-state index in [2.05, 4.69) is 22.8 Å². The van der Waals surface area contributed by atoms with Gasteiger partial charge in [0.15, 0.2) is 0 Å². The van der Waals surface area contributed by atoms with E-state index in [1.54, 1.807) is 30.5 Å². The second-order valence-corrected chi connectivity index (χ2v) is 5.54. The molecule has 5 heteroatoms. The highest BCUT2D eigenvalue weighted by Crippen LogP contribution is 2.10. The van der Waals surface area contributed by atoms with E-state index in [0.29, 0.717) is 10.6 Å². The Hall–Kier alpha value is -2.33. The van der Waals surface area contributed by atoms with E-state index in [1.807, 2.05) is 24.3 Å². The third-order valence-corrected chi connectivity index (χ3v) is 3.51. The average Bonchev–Trinajstić information content (AvgIpc) is 2.57. The number of hydrazone groups is 1. The molecule has 0 radical (unpaired) electrons. The molecule has 2 aromatic rings. The largest absolute Gasteiger partial charge is 0.385 e. The van der Waals surface area contributed by atoms with Crippen LogP contribution in [0.5, 0.6) is 0 Å². The van der Waals surface area contributed by atoms with Gasteiger partial charge >= 0.3 is 0 Å². The van der Waals surface area contributed by atoms with Gasteiger partial charge in [0.05, 0.1) is 6.21 Å². The lowest BCUT2D eigenvalue weighted by molar-refractivity contribution is 0.0955. The van der Waals surface area contributed by atoms with Crippen LogP contribution in [-0.4, -0.2) is 18.7 Å². The molecular formula is C18H20ClN3O. The molecule has 0 aromatic heterocycles. The highest BCUT2D eigenvalue weighted by atomic mass is 35.5. The van der Waals surface area contributed by atoms with Crippen LogP contribution >= 0.6 is 11.6 Å². The van der Waals surface area contributed by atoms with E-state index < -0.39 is 0 Å². The van der Waals surface area contributed by atoms with Crippen LogP contribution in [0.15, 0.2) is 53.6 Å². The molecule has 2 aromatic carbocycles. The molecule has 4 nitrogen and oxygen atoms in total. The number of rotatable bonds is 7. The van der Waals surface area contributed by atoms with E-state index in [-0.39, 0.29) is 5.91 Å². The van der Waals surface area contributed by atoms with Crippen molar-refractivity contribution >= 4 is 29.4 Å². The number of hydrogen-bond donors (Lipinski definition) is 2. The van der Waals surface area contributed by atoms with Crippen LogP contribution in [0.4, 0.5) is 5.69 Å². The summed E-state index contributed by atoms with van der Waals surface area (Å²) in [6, 6.07) is 14.6. The first-order valence-electron chi connectivity index (χ1n) is 7.62. The standard InChI is InChI=1S/C18H20ClN3O/c1-2-3-12-20-17-10-6-15(7-11-17)18(23)22-21-13-14-4-8-16(19)9-5-14/h4-11,13,20H,2-3,12H2,1H3,(H,22,23)/b21-13+. The number of nitrogens with one attached hydrogen (secondary N) is 2. The first-order valence-corrected chi connectivity index (χ1v) is 7.99. The molecule has 120 valence electrons. The minimum atomic E-state index is -0.240. The van der Waals surface area contributed by atoms with Gasteiger partial charge in [-0.15, -0.1) is 0 Å². The molecule has 0 atom stereocenters. The molecule has 23 heavy (non-hydrogen) atoms. The van der Waals surface area contributed by atoms with E-state index in [0.717, 1.165) is 30.6 Å². The van der Waals surface area contributed by atoms with Gasteiger partial charge in [-0.1, -0.05) is 37.1 Å². The highest BCUT2D eigenvalue weighted by Gasteiger charge is 2.03. The minimum absolute atomic E-state index is 0.240. The van der Waals surface area contributed by atoms with Crippen LogP contribution in [-0.2, 0) is 0 Å². The molecule has 0 bridgehead atoms. The fourth-order valence-corrected chi connectivity index (χ4v) is 2.05. The second-order valence-electron chi connectivity index (χ2n) is 5.11. The number of carbonyl (C=O) groups excluding carboxylic acids is 1. The summed E-state index contributed by atoms with van der Waals surface area (Å²) in [6.07, 6.45) is 3.86. The van der Waals surface area contributed by atoms with E-state index in [4.69, 9.17) is 11.6 Å². The van der Waals surface area contributed by atoms with Gasteiger partial charge in [-0.3, -0.25) is 4.79 Å². The Kier molecular flexibility index (Phi) is 6.63. The third kappa shape index (κ3) is 5.75. The molecule has 0 aliphatic carbocycles. The summed E-state index contributed by atoms with van der Waals surface area (Å²) in [5, 5.41) is 7.92. The molecule has 2 N–H and O–H groups in total. The van der Waals surface area contributed by atoms with Crippen molar-refractivity contribution in [2.75, 3.05) is 11.9 Å². The fourth-order valence-electron chi connectivity index (χ4n) is 1.93. The van der Waals surface area contributed by atoms with E-state index in [1.165, 1.54) is 0 Å². The second kappa shape index (κ2) is 8.96. The van der Waals surface area contributed by atoms with Crippen LogP contribution in [0.3, 0.4) is 0 Å². The number of benzene rings is 2. The Morgan fingerprint density at radius 1 is 1.13 bits per heavy atom. The Labute approximate surface area is 141 Å². The fraction of sp³-hybridized carbons (Fsp3) is 0.222. The molecule has 1 amide bonds. The van der Waals surface area contributed by atoms with Crippen LogP contribution in [0.1, 0.15) is 35.7 Å².